The third-order valence-corrected chi connectivity index (χ3v) is 3.99. The third kappa shape index (κ3) is 4.37. The molecule has 1 aliphatic rings. The second-order valence-corrected chi connectivity index (χ2v) is 6.02. The maximum Gasteiger partial charge on any atom is 0.147 e. The van der Waals surface area contributed by atoms with E-state index in [1.54, 1.807) is 10.9 Å². The maximum absolute atomic E-state index is 10.2. The van der Waals surface area contributed by atoms with Crippen molar-refractivity contribution in [2.45, 2.75) is 39.1 Å². The summed E-state index contributed by atoms with van der Waals surface area (Å²) in [6, 6.07) is 1.86. The minimum absolute atomic E-state index is 0.0699. The van der Waals surface area contributed by atoms with Gasteiger partial charge in [0, 0.05) is 32.0 Å². The second-order valence-electron chi connectivity index (χ2n) is 6.02. The highest BCUT2D eigenvalue weighted by Crippen LogP contribution is 2.10. The van der Waals surface area contributed by atoms with Crippen molar-refractivity contribution in [3.63, 3.8) is 0 Å². The number of rotatable bonds is 6. The number of aliphatic hydroxyl groups excluding tert-OH is 1. The van der Waals surface area contributed by atoms with Gasteiger partial charge in [-0.15, -0.1) is 0 Å². The smallest absolute Gasteiger partial charge is 0.147 e. The number of hydrogen-bond donors (Lipinski definition) is 1. The molecule has 0 spiro atoms. The summed E-state index contributed by atoms with van der Waals surface area (Å²) in [7, 11) is 0. The Labute approximate surface area is 135 Å². The minimum atomic E-state index is -0.441. The first-order chi connectivity index (χ1) is 11.1. The predicted octanol–water partition coefficient (Wildman–Crippen LogP) is -0.147. The Hall–Kier alpha value is -1.77. The van der Waals surface area contributed by atoms with Gasteiger partial charge in [0.05, 0.1) is 31.9 Å². The van der Waals surface area contributed by atoms with Crippen LogP contribution in [-0.2, 0) is 17.8 Å². The van der Waals surface area contributed by atoms with Crippen LogP contribution in [0.4, 0.5) is 0 Å². The molecule has 2 aromatic rings. The van der Waals surface area contributed by atoms with E-state index >= 15 is 0 Å². The molecule has 2 aromatic heterocycles. The predicted molar refractivity (Wildman–Crippen MR) is 83.9 cm³/mol. The number of ether oxygens (including phenoxy) is 1. The third-order valence-electron chi connectivity index (χ3n) is 3.99. The van der Waals surface area contributed by atoms with E-state index in [0.717, 1.165) is 24.7 Å². The highest BCUT2D eigenvalue weighted by molar-refractivity contribution is 4.89. The first-order valence-corrected chi connectivity index (χ1v) is 7.97. The number of morpholine rings is 1. The van der Waals surface area contributed by atoms with Crippen molar-refractivity contribution < 1.29 is 9.84 Å². The standard InChI is InChI=1S/C15H24N6O2/c1-12-17-13(2)21(18-12)11-15-10-19(6-7-23-15)8-14(22)9-20-5-3-4-16-20/h3-5,14-15,22H,6-11H2,1-2H3/t14-,15+/m0/s1. The van der Waals surface area contributed by atoms with Gasteiger partial charge in [0.15, 0.2) is 0 Å². The number of hydrogen-bond acceptors (Lipinski definition) is 6. The number of aromatic nitrogens is 5. The van der Waals surface area contributed by atoms with Gasteiger partial charge in [-0.3, -0.25) is 9.58 Å². The van der Waals surface area contributed by atoms with Crippen molar-refractivity contribution in [2.24, 2.45) is 0 Å². The lowest BCUT2D eigenvalue weighted by Crippen LogP contribution is -2.47. The maximum atomic E-state index is 10.2. The van der Waals surface area contributed by atoms with Crippen LogP contribution in [0, 0.1) is 13.8 Å². The van der Waals surface area contributed by atoms with Crippen LogP contribution in [0.15, 0.2) is 18.5 Å². The summed E-state index contributed by atoms with van der Waals surface area (Å²) >= 11 is 0. The summed E-state index contributed by atoms with van der Waals surface area (Å²) in [6.45, 7) is 7.96. The average Bonchev–Trinajstić information content (AvgIpc) is 3.09. The van der Waals surface area contributed by atoms with Crippen molar-refractivity contribution >= 4 is 0 Å². The lowest BCUT2D eigenvalue weighted by Gasteiger charge is -2.34. The van der Waals surface area contributed by atoms with E-state index in [-0.39, 0.29) is 6.10 Å². The van der Waals surface area contributed by atoms with Crippen LogP contribution in [0.5, 0.6) is 0 Å². The van der Waals surface area contributed by atoms with E-state index in [1.165, 1.54) is 0 Å². The quantitative estimate of drug-likeness (QED) is 0.797. The second kappa shape index (κ2) is 7.20. The molecule has 0 radical (unpaired) electrons. The van der Waals surface area contributed by atoms with E-state index in [4.69, 9.17) is 4.74 Å². The Morgan fingerprint density at radius 1 is 1.39 bits per heavy atom. The lowest BCUT2D eigenvalue weighted by molar-refractivity contribution is -0.0500. The molecule has 126 valence electrons. The highest BCUT2D eigenvalue weighted by Gasteiger charge is 2.23. The zero-order valence-corrected chi connectivity index (χ0v) is 13.7. The van der Waals surface area contributed by atoms with Gasteiger partial charge in [-0.1, -0.05) is 0 Å². The molecule has 23 heavy (non-hydrogen) atoms. The fourth-order valence-corrected chi connectivity index (χ4v) is 2.96. The molecule has 0 aliphatic carbocycles. The molecule has 0 aromatic carbocycles. The molecule has 8 nitrogen and oxygen atoms in total. The molecule has 0 unspecified atom stereocenters. The molecule has 8 heteroatoms. The number of β-amino-alcohol motifs (C(OH)–C–C–N with tert-alkyl or cyclic N) is 1. The summed E-state index contributed by atoms with van der Waals surface area (Å²) in [6.07, 6.45) is 3.21. The summed E-state index contributed by atoms with van der Waals surface area (Å²) in [4.78, 5) is 6.56. The zero-order valence-electron chi connectivity index (χ0n) is 13.7. The van der Waals surface area contributed by atoms with Crippen molar-refractivity contribution in [1.29, 1.82) is 0 Å². The van der Waals surface area contributed by atoms with Crippen molar-refractivity contribution in [3.05, 3.63) is 30.1 Å². The van der Waals surface area contributed by atoms with Gasteiger partial charge in [0.25, 0.3) is 0 Å². The SMILES string of the molecule is Cc1nc(C)n(C[C@H]2CN(C[C@H](O)Cn3cccn3)CCO2)n1. The minimum Gasteiger partial charge on any atom is -0.390 e. The van der Waals surface area contributed by atoms with Crippen LogP contribution < -0.4 is 0 Å². The summed E-state index contributed by atoms with van der Waals surface area (Å²) in [5, 5.41) is 18.7. The number of aryl methyl sites for hydroxylation is 2. The van der Waals surface area contributed by atoms with E-state index in [1.807, 2.05) is 30.8 Å². The Bertz CT molecular complexity index is 612. The van der Waals surface area contributed by atoms with Gasteiger partial charge in [0.2, 0.25) is 0 Å². The molecule has 1 fully saturated rings. The van der Waals surface area contributed by atoms with Gasteiger partial charge in [-0.2, -0.15) is 10.2 Å². The van der Waals surface area contributed by atoms with Gasteiger partial charge in [0.1, 0.15) is 11.6 Å². The summed E-state index contributed by atoms with van der Waals surface area (Å²) in [5.74, 6) is 1.69. The molecular formula is C15H24N6O2. The molecule has 1 N–H and O–H groups in total. The van der Waals surface area contributed by atoms with Gasteiger partial charge < -0.3 is 9.84 Å². The molecule has 3 rings (SSSR count). The molecule has 3 heterocycles. The van der Waals surface area contributed by atoms with Crippen LogP contribution in [0.1, 0.15) is 11.6 Å². The Morgan fingerprint density at radius 2 is 2.26 bits per heavy atom. The first kappa shape index (κ1) is 16.1. The lowest BCUT2D eigenvalue weighted by atomic mass is 10.2. The molecule has 0 saturated carbocycles. The van der Waals surface area contributed by atoms with Gasteiger partial charge in [-0.05, 0) is 19.9 Å². The molecule has 2 atom stereocenters. The number of nitrogens with zero attached hydrogens (tertiary/aromatic N) is 6. The van der Waals surface area contributed by atoms with Crippen LogP contribution >= 0.6 is 0 Å². The van der Waals surface area contributed by atoms with Crippen LogP contribution in [0.2, 0.25) is 0 Å². The molecule has 1 saturated heterocycles. The number of aliphatic hydroxyl groups is 1. The van der Waals surface area contributed by atoms with Crippen LogP contribution in [0.3, 0.4) is 0 Å². The topological polar surface area (TPSA) is 81.2 Å². The molecular weight excluding hydrogens is 296 g/mol. The normalized spacial score (nSPS) is 20.7. The van der Waals surface area contributed by atoms with Crippen molar-refractivity contribution in [1.82, 2.24) is 29.4 Å². The zero-order chi connectivity index (χ0) is 16.2. The largest absolute Gasteiger partial charge is 0.390 e. The highest BCUT2D eigenvalue weighted by atomic mass is 16.5. The van der Waals surface area contributed by atoms with Crippen LogP contribution in [0.25, 0.3) is 0 Å². The van der Waals surface area contributed by atoms with E-state index in [0.29, 0.717) is 26.2 Å². The van der Waals surface area contributed by atoms with Gasteiger partial charge in [-0.25, -0.2) is 9.67 Å². The first-order valence-electron chi connectivity index (χ1n) is 7.97. The van der Waals surface area contributed by atoms with Crippen molar-refractivity contribution in [3.8, 4) is 0 Å². The Morgan fingerprint density at radius 3 is 2.96 bits per heavy atom. The fraction of sp³-hybridized carbons (Fsp3) is 0.667. The van der Waals surface area contributed by atoms with E-state index in [9.17, 15) is 5.11 Å². The monoisotopic (exact) mass is 320 g/mol. The molecule has 0 bridgehead atoms. The molecule has 0 amide bonds. The van der Waals surface area contributed by atoms with Crippen LogP contribution in [-0.4, -0.2) is 73.0 Å². The van der Waals surface area contributed by atoms with Gasteiger partial charge >= 0.3 is 0 Å². The van der Waals surface area contributed by atoms with E-state index < -0.39 is 6.10 Å². The van der Waals surface area contributed by atoms with Crippen molar-refractivity contribution in [2.75, 3.05) is 26.2 Å². The summed E-state index contributed by atoms with van der Waals surface area (Å²) < 4.78 is 9.48. The fourth-order valence-electron chi connectivity index (χ4n) is 2.96. The average molecular weight is 320 g/mol. The molecule has 1 aliphatic heterocycles. The Balaban J connectivity index is 1.50. The summed E-state index contributed by atoms with van der Waals surface area (Å²) in [5.41, 5.74) is 0. The van der Waals surface area contributed by atoms with E-state index in [2.05, 4.69) is 20.1 Å². The Kier molecular flexibility index (Phi) is 5.04.